The molecule has 0 radical (unpaired) electrons. The molecule has 0 amide bonds. The molecule has 1 heterocycles. The smallest absolute Gasteiger partial charge is 0.169 e. The molecule has 0 atom stereocenters. The number of aryl methyl sites for hydroxylation is 1. The van der Waals surface area contributed by atoms with Gasteiger partial charge in [-0.1, -0.05) is 36.4 Å². The van der Waals surface area contributed by atoms with E-state index in [0.29, 0.717) is 0 Å². The van der Waals surface area contributed by atoms with Gasteiger partial charge in [0.1, 0.15) is 17.7 Å². The van der Waals surface area contributed by atoms with Crippen molar-refractivity contribution >= 4 is 23.6 Å². The Morgan fingerprint density at radius 1 is 0.714 bits per heavy atom. The summed E-state index contributed by atoms with van der Waals surface area (Å²) in [6, 6.07) is 24.7. The minimum Gasteiger partial charge on any atom is -0.169 e. The van der Waals surface area contributed by atoms with Gasteiger partial charge in [-0.05, 0) is 34.5 Å². The predicted molar refractivity (Wildman–Crippen MR) is 87.4 cm³/mol. The zero-order valence-electron chi connectivity index (χ0n) is 11.9. The number of aromatic nitrogens is 1. The Kier molecular flexibility index (Phi) is 3.81. The van der Waals surface area contributed by atoms with Crippen LogP contribution in [0, 0.1) is 0 Å². The van der Waals surface area contributed by atoms with Crippen LogP contribution < -0.4 is 20.6 Å². The third-order valence-electron chi connectivity index (χ3n) is 3.57. The lowest BCUT2D eigenvalue weighted by Crippen LogP contribution is -2.49. The van der Waals surface area contributed by atoms with Crippen LogP contribution in [-0.4, -0.2) is 0 Å². The molecule has 0 unspecified atom stereocenters. The minimum atomic E-state index is -3.10. The Bertz CT molecular complexity index is 689. The molecule has 3 heteroatoms. The zero-order chi connectivity index (χ0) is 14.7. The molecule has 0 fully saturated rings. The molecule has 2 aromatic carbocycles. The van der Waals surface area contributed by atoms with Gasteiger partial charge in [0.2, 0.25) is 0 Å². The van der Waals surface area contributed by atoms with Gasteiger partial charge in [0.05, 0.1) is 6.07 Å². The largest absolute Gasteiger partial charge is 0.365 e. The first-order valence-electron chi connectivity index (χ1n) is 6.88. The molecule has 0 aliphatic heterocycles. The van der Waals surface area contributed by atoms with E-state index in [2.05, 4.69) is 0 Å². The lowest BCUT2D eigenvalue weighted by molar-refractivity contribution is -0.653. The summed E-state index contributed by atoms with van der Waals surface area (Å²) in [5.74, 6) is 0. The van der Waals surface area contributed by atoms with Crippen LogP contribution in [0.1, 0.15) is 0 Å². The van der Waals surface area contributed by atoms with Crippen LogP contribution in [0.25, 0.3) is 0 Å². The van der Waals surface area contributed by atoms with Gasteiger partial charge in [0.15, 0.2) is 6.20 Å². The SMILES string of the molecule is C[n+]1ccccc1[P+](F)(c1ccccc1)c1ccccc1. The second-order valence-electron chi connectivity index (χ2n) is 4.93. The second kappa shape index (κ2) is 5.75. The van der Waals surface area contributed by atoms with Crippen molar-refractivity contribution in [2.45, 2.75) is 0 Å². The topological polar surface area (TPSA) is 3.88 Å². The van der Waals surface area contributed by atoms with Crippen LogP contribution in [0.5, 0.6) is 0 Å². The second-order valence-corrected chi connectivity index (χ2v) is 7.60. The molecule has 0 spiro atoms. The van der Waals surface area contributed by atoms with E-state index >= 15 is 4.20 Å². The van der Waals surface area contributed by atoms with E-state index in [-0.39, 0.29) is 0 Å². The van der Waals surface area contributed by atoms with E-state index in [0.717, 1.165) is 16.0 Å². The van der Waals surface area contributed by atoms with Gasteiger partial charge in [0, 0.05) is 6.07 Å². The molecular formula is C18H17FNP+2. The van der Waals surface area contributed by atoms with Gasteiger partial charge >= 0.3 is 13.0 Å². The van der Waals surface area contributed by atoms with Crippen molar-refractivity contribution in [3.63, 3.8) is 0 Å². The summed E-state index contributed by atoms with van der Waals surface area (Å²) in [4.78, 5) is 0. The van der Waals surface area contributed by atoms with Crippen LogP contribution in [0.4, 0.5) is 4.20 Å². The molecule has 0 saturated carbocycles. The molecule has 3 aromatic rings. The van der Waals surface area contributed by atoms with Crippen molar-refractivity contribution in [1.29, 1.82) is 0 Å². The quantitative estimate of drug-likeness (QED) is 0.517. The van der Waals surface area contributed by atoms with E-state index in [4.69, 9.17) is 0 Å². The fraction of sp³-hybridized carbons (Fsp3) is 0.0556. The van der Waals surface area contributed by atoms with Crippen molar-refractivity contribution in [2.75, 3.05) is 0 Å². The summed E-state index contributed by atoms with van der Waals surface area (Å²) >= 11 is 0. The Labute approximate surface area is 125 Å². The van der Waals surface area contributed by atoms with Gasteiger partial charge in [-0.15, -0.1) is 0 Å². The fourth-order valence-corrected chi connectivity index (χ4v) is 5.30. The number of hydrogen-bond donors (Lipinski definition) is 0. The molecule has 0 aliphatic carbocycles. The maximum atomic E-state index is 16.3. The highest BCUT2D eigenvalue weighted by Gasteiger charge is 2.54. The lowest BCUT2D eigenvalue weighted by atomic mass is 10.4. The summed E-state index contributed by atoms with van der Waals surface area (Å²) in [6.45, 7) is 0. The Hall–Kier alpha value is -2.05. The van der Waals surface area contributed by atoms with Crippen LogP contribution in [-0.2, 0) is 7.05 Å². The summed E-state index contributed by atoms with van der Waals surface area (Å²) in [5.41, 5.74) is 0.724. The lowest BCUT2D eigenvalue weighted by Gasteiger charge is -2.13. The van der Waals surface area contributed by atoms with Crippen LogP contribution in [0.3, 0.4) is 0 Å². The van der Waals surface area contributed by atoms with Crippen molar-refractivity contribution < 1.29 is 8.76 Å². The van der Waals surface area contributed by atoms with Gasteiger partial charge < -0.3 is 0 Å². The third kappa shape index (κ3) is 2.48. The average molecular weight is 297 g/mol. The van der Waals surface area contributed by atoms with Gasteiger partial charge in [0.25, 0.3) is 0 Å². The zero-order valence-corrected chi connectivity index (χ0v) is 12.7. The summed E-state index contributed by atoms with van der Waals surface area (Å²) < 4.78 is 18.2. The Balaban J connectivity index is 2.29. The number of hydrogen-bond acceptors (Lipinski definition) is 0. The van der Waals surface area contributed by atoms with E-state index < -0.39 is 7.57 Å². The molecule has 1 aromatic heterocycles. The van der Waals surface area contributed by atoms with Crippen molar-refractivity contribution in [2.24, 2.45) is 7.05 Å². The number of halogens is 1. The number of benzene rings is 2. The average Bonchev–Trinajstić information content (AvgIpc) is 2.56. The van der Waals surface area contributed by atoms with Crippen LogP contribution in [0.2, 0.25) is 0 Å². The van der Waals surface area contributed by atoms with Gasteiger partial charge in [-0.3, -0.25) is 0 Å². The normalized spacial score (nSPS) is 11.3. The molecule has 0 bridgehead atoms. The molecular weight excluding hydrogens is 280 g/mol. The standard InChI is InChI=1S/C18H17FNP/c1-20-15-9-8-14-18(20)21(19,16-10-4-2-5-11-16)17-12-6-3-7-13-17/h2-15H,1H3/q+2. The van der Waals surface area contributed by atoms with Gasteiger partial charge in [-0.2, -0.15) is 4.57 Å². The van der Waals surface area contributed by atoms with Crippen molar-refractivity contribution in [3.05, 3.63) is 85.1 Å². The molecule has 0 aliphatic rings. The first-order valence-corrected chi connectivity index (χ1v) is 8.56. The van der Waals surface area contributed by atoms with Crippen molar-refractivity contribution in [3.8, 4) is 0 Å². The first-order chi connectivity index (χ1) is 10.2. The first kappa shape index (κ1) is 13.9. The molecule has 0 N–H and O–H groups in total. The van der Waals surface area contributed by atoms with E-state index in [9.17, 15) is 0 Å². The predicted octanol–water partition coefficient (Wildman–Crippen LogP) is 2.69. The minimum absolute atomic E-state index is 0.724. The number of rotatable bonds is 3. The third-order valence-corrected chi connectivity index (χ3v) is 6.68. The fourth-order valence-electron chi connectivity index (χ4n) is 2.51. The number of nitrogens with zero attached hydrogens (tertiary/aromatic N) is 1. The highest BCUT2D eigenvalue weighted by molar-refractivity contribution is 7.91. The Morgan fingerprint density at radius 2 is 1.19 bits per heavy atom. The van der Waals surface area contributed by atoms with Crippen LogP contribution >= 0.6 is 7.57 Å². The van der Waals surface area contributed by atoms with E-state index in [1.165, 1.54) is 0 Å². The highest BCUT2D eigenvalue weighted by Crippen LogP contribution is 2.55. The summed E-state index contributed by atoms with van der Waals surface area (Å²) in [6.07, 6.45) is 1.90. The van der Waals surface area contributed by atoms with Gasteiger partial charge in [-0.25, -0.2) is 0 Å². The van der Waals surface area contributed by atoms with Crippen LogP contribution in [0.15, 0.2) is 85.1 Å². The molecule has 21 heavy (non-hydrogen) atoms. The highest BCUT2D eigenvalue weighted by atomic mass is 31.2. The van der Waals surface area contributed by atoms with E-state index in [1.807, 2.05) is 96.7 Å². The summed E-state index contributed by atoms with van der Waals surface area (Å²) in [7, 11) is -1.20. The maximum absolute atomic E-state index is 16.3. The monoisotopic (exact) mass is 297 g/mol. The Morgan fingerprint density at radius 3 is 1.67 bits per heavy atom. The molecule has 3 rings (SSSR count). The van der Waals surface area contributed by atoms with Crippen molar-refractivity contribution in [1.82, 2.24) is 0 Å². The molecule has 0 saturated heterocycles. The summed E-state index contributed by atoms with van der Waals surface area (Å²) in [5, 5.41) is 1.50. The molecule has 104 valence electrons. The maximum Gasteiger partial charge on any atom is 0.365 e. The molecule has 1 nitrogen and oxygen atoms in total. The van der Waals surface area contributed by atoms with E-state index in [1.54, 1.807) is 0 Å². The number of pyridine rings is 1.